The molecule has 0 atom stereocenters. The van der Waals surface area contributed by atoms with Gasteiger partial charge in [-0.1, -0.05) is 17.7 Å². The molecule has 0 saturated carbocycles. The summed E-state index contributed by atoms with van der Waals surface area (Å²) in [6.45, 7) is 2.48. The molecular formula is C10H14BrClN2. The number of rotatable bonds is 4. The number of nitrogens with zero attached hydrogens (tertiary/aromatic N) is 1. The van der Waals surface area contributed by atoms with Crippen LogP contribution in [0.1, 0.15) is 5.56 Å². The van der Waals surface area contributed by atoms with Crippen molar-refractivity contribution < 1.29 is 0 Å². The maximum Gasteiger partial charge on any atom is 0.0548 e. The van der Waals surface area contributed by atoms with E-state index in [0.717, 1.165) is 22.6 Å². The highest BCUT2D eigenvalue weighted by Crippen LogP contribution is 2.23. The van der Waals surface area contributed by atoms with E-state index >= 15 is 0 Å². The van der Waals surface area contributed by atoms with E-state index in [1.165, 1.54) is 5.56 Å². The van der Waals surface area contributed by atoms with Gasteiger partial charge in [0.15, 0.2) is 0 Å². The zero-order chi connectivity index (χ0) is 10.6. The van der Waals surface area contributed by atoms with Gasteiger partial charge in [-0.2, -0.15) is 0 Å². The quantitative estimate of drug-likeness (QED) is 0.916. The third-order valence-electron chi connectivity index (χ3n) is 1.95. The first-order valence-electron chi connectivity index (χ1n) is 4.46. The van der Waals surface area contributed by atoms with Gasteiger partial charge in [0.05, 0.1) is 5.02 Å². The number of halogens is 2. The standard InChI is InChI=1S/C10H14BrClN2/c1-14(5-4-13)7-8-2-3-10(12)9(11)6-8/h2-3,6H,4-5,7,13H2,1H3. The molecule has 1 aromatic carbocycles. The van der Waals surface area contributed by atoms with Gasteiger partial charge in [-0.15, -0.1) is 0 Å². The Morgan fingerprint density at radius 1 is 1.50 bits per heavy atom. The predicted octanol–water partition coefficient (Wildman–Crippen LogP) is 2.49. The highest BCUT2D eigenvalue weighted by molar-refractivity contribution is 9.10. The molecule has 0 saturated heterocycles. The second kappa shape index (κ2) is 5.71. The summed E-state index contributed by atoms with van der Waals surface area (Å²) in [6, 6.07) is 5.96. The molecular weight excluding hydrogens is 263 g/mol. The summed E-state index contributed by atoms with van der Waals surface area (Å²) >= 11 is 9.30. The van der Waals surface area contributed by atoms with Gasteiger partial charge >= 0.3 is 0 Å². The molecule has 0 spiro atoms. The maximum absolute atomic E-state index is 5.90. The molecule has 2 N–H and O–H groups in total. The van der Waals surface area contributed by atoms with E-state index in [0.29, 0.717) is 6.54 Å². The summed E-state index contributed by atoms with van der Waals surface area (Å²) in [5.41, 5.74) is 6.70. The van der Waals surface area contributed by atoms with E-state index in [4.69, 9.17) is 17.3 Å². The van der Waals surface area contributed by atoms with Gasteiger partial charge < -0.3 is 10.6 Å². The first kappa shape index (κ1) is 12.0. The van der Waals surface area contributed by atoms with Crippen LogP contribution in [0.3, 0.4) is 0 Å². The SMILES string of the molecule is CN(CCN)Cc1ccc(Cl)c(Br)c1. The molecule has 4 heteroatoms. The molecule has 1 aromatic rings. The smallest absolute Gasteiger partial charge is 0.0548 e. The number of likely N-dealkylation sites (N-methyl/N-ethyl adjacent to an activating group) is 1. The Balaban J connectivity index is 2.63. The summed E-state index contributed by atoms with van der Waals surface area (Å²) in [4.78, 5) is 2.18. The Kier molecular flexibility index (Phi) is 4.89. The van der Waals surface area contributed by atoms with Gasteiger partial charge in [-0.25, -0.2) is 0 Å². The molecule has 0 radical (unpaired) electrons. The van der Waals surface area contributed by atoms with E-state index in [1.54, 1.807) is 0 Å². The minimum Gasteiger partial charge on any atom is -0.329 e. The Labute approximate surface area is 98.2 Å². The second-order valence-electron chi connectivity index (χ2n) is 3.27. The molecule has 1 rings (SSSR count). The Morgan fingerprint density at radius 2 is 2.21 bits per heavy atom. The zero-order valence-corrected chi connectivity index (χ0v) is 10.5. The lowest BCUT2D eigenvalue weighted by atomic mass is 10.2. The zero-order valence-electron chi connectivity index (χ0n) is 8.13. The number of nitrogens with two attached hydrogens (primary N) is 1. The van der Waals surface area contributed by atoms with Crippen LogP contribution in [0.5, 0.6) is 0 Å². The summed E-state index contributed by atoms with van der Waals surface area (Å²) in [7, 11) is 2.05. The van der Waals surface area contributed by atoms with Crippen LogP contribution in [0.15, 0.2) is 22.7 Å². The summed E-state index contributed by atoms with van der Waals surface area (Å²) in [6.07, 6.45) is 0. The van der Waals surface area contributed by atoms with Crippen molar-refractivity contribution in [1.82, 2.24) is 4.90 Å². The number of benzene rings is 1. The molecule has 0 unspecified atom stereocenters. The molecule has 0 bridgehead atoms. The van der Waals surface area contributed by atoms with Crippen molar-refractivity contribution in [2.75, 3.05) is 20.1 Å². The summed E-state index contributed by atoms with van der Waals surface area (Å²) in [5, 5.41) is 0.746. The van der Waals surface area contributed by atoms with E-state index in [-0.39, 0.29) is 0 Å². The van der Waals surface area contributed by atoms with Gasteiger partial charge in [0.1, 0.15) is 0 Å². The fourth-order valence-corrected chi connectivity index (χ4v) is 1.79. The molecule has 0 heterocycles. The lowest BCUT2D eigenvalue weighted by molar-refractivity contribution is 0.336. The fourth-order valence-electron chi connectivity index (χ4n) is 1.25. The van der Waals surface area contributed by atoms with E-state index < -0.39 is 0 Å². The molecule has 0 aliphatic rings. The fraction of sp³-hybridized carbons (Fsp3) is 0.400. The highest BCUT2D eigenvalue weighted by atomic mass is 79.9. The van der Waals surface area contributed by atoms with Crippen LogP contribution in [0.4, 0.5) is 0 Å². The maximum atomic E-state index is 5.90. The number of hydrogen-bond acceptors (Lipinski definition) is 2. The normalized spacial score (nSPS) is 10.9. The van der Waals surface area contributed by atoms with Crippen LogP contribution in [0, 0.1) is 0 Å². The van der Waals surface area contributed by atoms with Crippen molar-refractivity contribution in [2.45, 2.75) is 6.54 Å². The van der Waals surface area contributed by atoms with Crippen LogP contribution >= 0.6 is 27.5 Å². The predicted molar refractivity (Wildman–Crippen MR) is 64.5 cm³/mol. The van der Waals surface area contributed by atoms with Gasteiger partial charge in [0.25, 0.3) is 0 Å². The van der Waals surface area contributed by atoms with Crippen LogP contribution in [-0.2, 0) is 6.54 Å². The van der Waals surface area contributed by atoms with Crippen molar-refractivity contribution in [3.05, 3.63) is 33.3 Å². The summed E-state index contributed by atoms with van der Waals surface area (Å²) in [5.74, 6) is 0. The molecule has 0 aliphatic carbocycles. The number of hydrogen-bond donors (Lipinski definition) is 1. The monoisotopic (exact) mass is 276 g/mol. The molecule has 14 heavy (non-hydrogen) atoms. The highest BCUT2D eigenvalue weighted by Gasteiger charge is 2.01. The lowest BCUT2D eigenvalue weighted by Crippen LogP contribution is -2.24. The molecule has 0 fully saturated rings. The average Bonchev–Trinajstić information content (AvgIpc) is 2.12. The Hall–Kier alpha value is -0.0900. The molecule has 0 aromatic heterocycles. The minimum atomic E-state index is 0.686. The van der Waals surface area contributed by atoms with Crippen molar-refractivity contribution in [2.24, 2.45) is 5.73 Å². The second-order valence-corrected chi connectivity index (χ2v) is 4.54. The Morgan fingerprint density at radius 3 is 2.79 bits per heavy atom. The van der Waals surface area contributed by atoms with Gasteiger partial charge in [-0.3, -0.25) is 0 Å². The van der Waals surface area contributed by atoms with Gasteiger partial charge in [0.2, 0.25) is 0 Å². The van der Waals surface area contributed by atoms with E-state index in [2.05, 4.69) is 27.9 Å². The van der Waals surface area contributed by atoms with Crippen molar-refractivity contribution in [1.29, 1.82) is 0 Å². The Bertz CT molecular complexity index is 304. The van der Waals surface area contributed by atoms with Crippen LogP contribution in [0.2, 0.25) is 5.02 Å². The molecule has 2 nitrogen and oxygen atoms in total. The summed E-state index contributed by atoms with van der Waals surface area (Å²) < 4.78 is 0.942. The van der Waals surface area contributed by atoms with Crippen LogP contribution in [0.25, 0.3) is 0 Å². The van der Waals surface area contributed by atoms with E-state index in [1.807, 2.05) is 18.2 Å². The molecule has 78 valence electrons. The van der Waals surface area contributed by atoms with E-state index in [9.17, 15) is 0 Å². The largest absolute Gasteiger partial charge is 0.329 e. The molecule has 0 amide bonds. The first-order valence-corrected chi connectivity index (χ1v) is 5.63. The average molecular weight is 278 g/mol. The minimum absolute atomic E-state index is 0.686. The molecule has 0 aliphatic heterocycles. The lowest BCUT2D eigenvalue weighted by Gasteiger charge is -2.15. The third kappa shape index (κ3) is 3.58. The first-order chi connectivity index (χ1) is 6.63. The van der Waals surface area contributed by atoms with Gasteiger partial charge in [-0.05, 0) is 40.7 Å². The van der Waals surface area contributed by atoms with Crippen molar-refractivity contribution >= 4 is 27.5 Å². The van der Waals surface area contributed by atoms with Crippen LogP contribution in [-0.4, -0.2) is 25.0 Å². The topological polar surface area (TPSA) is 29.3 Å². The van der Waals surface area contributed by atoms with Crippen LogP contribution < -0.4 is 5.73 Å². The van der Waals surface area contributed by atoms with Gasteiger partial charge in [0, 0.05) is 24.1 Å². The third-order valence-corrected chi connectivity index (χ3v) is 3.16. The van der Waals surface area contributed by atoms with Crippen molar-refractivity contribution in [3.63, 3.8) is 0 Å². The van der Waals surface area contributed by atoms with Crippen molar-refractivity contribution in [3.8, 4) is 0 Å².